The molecule has 1 aliphatic rings. The van der Waals surface area contributed by atoms with Gasteiger partial charge in [0.2, 0.25) is 5.95 Å². The third-order valence-electron chi connectivity index (χ3n) is 3.48. The van der Waals surface area contributed by atoms with Crippen molar-refractivity contribution in [1.29, 1.82) is 0 Å². The normalized spacial score (nSPS) is 16.4. The van der Waals surface area contributed by atoms with E-state index >= 15 is 0 Å². The van der Waals surface area contributed by atoms with E-state index < -0.39 is 0 Å². The first-order chi connectivity index (χ1) is 8.97. The van der Waals surface area contributed by atoms with Gasteiger partial charge in [0.25, 0.3) is 0 Å². The summed E-state index contributed by atoms with van der Waals surface area (Å²) in [4.78, 5) is 11.4. The number of thiocarbonyl (C=S) groups is 1. The largest absolute Gasteiger partial charge is 0.388 e. The van der Waals surface area contributed by atoms with Crippen molar-refractivity contribution >= 4 is 23.2 Å². The summed E-state index contributed by atoms with van der Waals surface area (Å²) >= 11 is 4.95. The number of rotatable bonds is 6. The Morgan fingerprint density at radius 2 is 2.26 bits per heavy atom. The van der Waals surface area contributed by atoms with Gasteiger partial charge in [0, 0.05) is 24.3 Å². The molecule has 0 radical (unpaired) electrons. The van der Waals surface area contributed by atoms with Crippen LogP contribution in [0.2, 0.25) is 0 Å². The molecule has 1 aliphatic carbocycles. The van der Waals surface area contributed by atoms with Crippen LogP contribution in [0.25, 0.3) is 0 Å². The molecule has 0 spiro atoms. The van der Waals surface area contributed by atoms with E-state index in [0.29, 0.717) is 22.7 Å². The maximum absolute atomic E-state index is 5.61. The van der Waals surface area contributed by atoms with E-state index in [1.807, 2.05) is 6.92 Å². The third kappa shape index (κ3) is 3.84. The highest BCUT2D eigenvalue weighted by atomic mass is 32.1. The lowest BCUT2D eigenvalue weighted by molar-refractivity contribution is 0.257. The van der Waals surface area contributed by atoms with E-state index in [4.69, 9.17) is 18.0 Å². The van der Waals surface area contributed by atoms with Gasteiger partial charge < -0.3 is 11.1 Å². The van der Waals surface area contributed by atoms with E-state index in [0.717, 1.165) is 18.3 Å². The fourth-order valence-corrected chi connectivity index (χ4v) is 2.10. The molecule has 1 atom stereocenters. The highest BCUT2D eigenvalue weighted by Gasteiger charge is 2.28. The number of anilines is 1. The summed E-state index contributed by atoms with van der Waals surface area (Å²) in [6.07, 6.45) is 2.63. The van der Waals surface area contributed by atoms with Crippen LogP contribution < -0.4 is 11.1 Å². The van der Waals surface area contributed by atoms with E-state index in [1.165, 1.54) is 12.8 Å². The molecule has 2 rings (SSSR count). The number of nitrogens with zero attached hydrogens (tertiary/aromatic N) is 3. The molecular formula is C13H21N5S. The fraction of sp³-hybridized carbons (Fsp3) is 0.615. The Morgan fingerprint density at radius 3 is 2.84 bits per heavy atom. The molecule has 1 heterocycles. The number of nitrogens with one attached hydrogen (secondary N) is 1. The molecule has 6 heteroatoms. The first-order valence-corrected chi connectivity index (χ1v) is 6.99. The van der Waals surface area contributed by atoms with Gasteiger partial charge in [-0.05, 0) is 39.8 Å². The molecule has 19 heavy (non-hydrogen) atoms. The summed E-state index contributed by atoms with van der Waals surface area (Å²) in [6, 6.07) is 3.00. The van der Waals surface area contributed by atoms with Crippen molar-refractivity contribution in [2.24, 2.45) is 5.73 Å². The molecule has 0 aliphatic heterocycles. The number of aromatic nitrogens is 2. The predicted octanol–water partition coefficient (Wildman–Crippen LogP) is 1.31. The van der Waals surface area contributed by atoms with E-state index in [1.54, 1.807) is 6.07 Å². The lowest BCUT2D eigenvalue weighted by atomic mass is 10.3. The zero-order chi connectivity index (χ0) is 14.0. The Kier molecular flexibility index (Phi) is 4.31. The van der Waals surface area contributed by atoms with E-state index in [-0.39, 0.29) is 0 Å². The molecule has 1 saturated carbocycles. The SMILES string of the molecule is Cc1cc(C(N)=S)nc(NCC(C)N(C)C2CC2)n1. The van der Waals surface area contributed by atoms with E-state index in [2.05, 4.69) is 34.2 Å². The first kappa shape index (κ1) is 14.1. The maximum Gasteiger partial charge on any atom is 0.223 e. The second kappa shape index (κ2) is 5.79. The summed E-state index contributed by atoms with van der Waals surface area (Å²) in [5.41, 5.74) is 7.09. The Bertz CT molecular complexity index is 472. The molecule has 3 N–H and O–H groups in total. The van der Waals surface area contributed by atoms with Gasteiger partial charge in [0.1, 0.15) is 10.7 Å². The van der Waals surface area contributed by atoms with Gasteiger partial charge in [-0.2, -0.15) is 0 Å². The lowest BCUT2D eigenvalue weighted by Gasteiger charge is -2.24. The van der Waals surface area contributed by atoms with Crippen LogP contribution in [0.3, 0.4) is 0 Å². The van der Waals surface area contributed by atoms with Crippen LogP contribution in [0.15, 0.2) is 6.07 Å². The molecule has 0 saturated heterocycles. The summed E-state index contributed by atoms with van der Waals surface area (Å²) in [7, 11) is 2.17. The van der Waals surface area contributed by atoms with Gasteiger partial charge >= 0.3 is 0 Å². The molecule has 0 bridgehead atoms. The number of likely N-dealkylation sites (N-methyl/N-ethyl adjacent to an activating group) is 1. The van der Waals surface area contributed by atoms with Gasteiger partial charge in [0.05, 0.1) is 0 Å². The predicted molar refractivity (Wildman–Crippen MR) is 81.4 cm³/mol. The van der Waals surface area contributed by atoms with Crippen LogP contribution >= 0.6 is 12.2 Å². The van der Waals surface area contributed by atoms with Crippen LogP contribution in [0.4, 0.5) is 5.95 Å². The third-order valence-corrected chi connectivity index (χ3v) is 3.69. The van der Waals surface area contributed by atoms with Gasteiger partial charge in [-0.25, -0.2) is 9.97 Å². The van der Waals surface area contributed by atoms with Crippen LogP contribution in [0.5, 0.6) is 0 Å². The quantitative estimate of drug-likeness (QED) is 0.766. The van der Waals surface area contributed by atoms with Crippen LogP contribution in [0, 0.1) is 6.92 Å². The highest BCUT2D eigenvalue weighted by Crippen LogP contribution is 2.26. The number of hydrogen-bond acceptors (Lipinski definition) is 5. The van der Waals surface area contributed by atoms with Gasteiger partial charge in [-0.3, -0.25) is 4.90 Å². The Balaban J connectivity index is 1.96. The standard InChI is InChI=1S/C13H21N5S/c1-8-6-11(12(14)19)17-13(16-8)15-7-9(2)18(3)10-4-5-10/h6,9-10H,4-5,7H2,1-3H3,(H2,14,19)(H,15,16,17). The smallest absolute Gasteiger partial charge is 0.223 e. The molecule has 0 aromatic carbocycles. The lowest BCUT2D eigenvalue weighted by Crippen LogP contribution is -2.36. The van der Waals surface area contributed by atoms with Gasteiger partial charge in [-0.15, -0.1) is 0 Å². The molecular weight excluding hydrogens is 258 g/mol. The van der Waals surface area contributed by atoms with Crippen molar-refractivity contribution in [3.8, 4) is 0 Å². The average Bonchev–Trinajstić information content (AvgIpc) is 3.18. The fourth-order valence-electron chi connectivity index (χ4n) is 2.00. The molecule has 1 unspecified atom stereocenters. The maximum atomic E-state index is 5.61. The molecule has 5 nitrogen and oxygen atoms in total. The van der Waals surface area contributed by atoms with Crippen LogP contribution in [-0.4, -0.2) is 45.5 Å². The molecule has 0 amide bonds. The molecule has 1 aromatic rings. The van der Waals surface area contributed by atoms with Crippen molar-refractivity contribution in [2.45, 2.75) is 38.8 Å². The molecule has 104 valence electrons. The van der Waals surface area contributed by atoms with E-state index in [9.17, 15) is 0 Å². The summed E-state index contributed by atoms with van der Waals surface area (Å²) in [5.74, 6) is 0.596. The van der Waals surface area contributed by atoms with Crippen molar-refractivity contribution in [3.05, 3.63) is 17.5 Å². The van der Waals surface area contributed by atoms with Crippen molar-refractivity contribution in [1.82, 2.24) is 14.9 Å². The highest BCUT2D eigenvalue weighted by molar-refractivity contribution is 7.80. The first-order valence-electron chi connectivity index (χ1n) is 6.58. The molecule has 1 aromatic heterocycles. The summed E-state index contributed by atoms with van der Waals surface area (Å²) in [5, 5.41) is 3.26. The van der Waals surface area contributed by atoms with Crippen LogP contribution in [0.1, 0.15) is 31.2 Å². The van der Waals surface area contributed by atoms with Crippen LogP contribution in [-0.2, 0) is 0 Å². The summed E-state index contributed by atoms with van der Waals surface area (Å²) in [6.45, 7) is 4.93. The number of nitrogens with two attached hydrogens (primary N) is 1. The second-order valence-electron chi connectivity index (χ2n) is 5.21. The van der Waals surface area contributed by atoms with Gasteiger partial charge in [0.15, 0.2) is 0 Å². The van der Waals surface area contributed by atoms with Crippen molar-refractivity contribution in [3.63, 3.8) is 0 Å². The Morgan fingerprint density at radius 1 is 1.58 bits per heavy atom. The zero-order valence-electron chi connectivity index (χ0n) is 11.7. The zero-order valence-corrected chi connectivity index (χ0v) is 12.5. The summed E-state index contributed by atoms with van der Waals surface area (Å²) < 4.78 is 0. The Hall–Kier alpha value is -1.27. The average molecular weight is 279 g/mol. The number of aryl methyl sites for hydroxylation is 1. The monoisotopic (exact) mass is 279 g/mol. The Labute approximate surface area is 119 Å². The van der Waals surface area contributed by atoms with Crippen molar-refractivity contribution in [2.75, 3.05) is 18.9 Å². The number of hydrogen-bond donors (Lipinski definition) is 2. The minimum atomic E-state index is 0.302. The minimum absolute atomic E-state index is 0.302. The van der Waals surface area contributed by atoms with Crippen molar-refractivity contribution < 1.29 is 0 Å². The second-order valence-corrected chi connectivity index (χ2v) is 5.65. The molecule has 1 fully saturated rings. The topological polar surface area (TPSA) is 67.1 Å². The van der Waals surface area contributed by atoms with Gasteiger partial charge in [-0.1, -0.05) is 12.2 Å². The minimum Gasteiger partial charge on any atom is -0.388 e.